The highest BCUT2D eigenvalue weighted by Crippen LogP contribution is 2.30. The number of rotatable bonds is 6. The first-order valence-corrected chi connectivity index (χ1v) is 11.1. The molecule has 2 heterocycles. The van der Waals surface area contributed by atoms with Crippen LogP contribution in [0.2, 0.25) is 0 Å². The number of aromatic amines is 1. The van der Waals surface area contributed by atoms with Crippen LogP contribution in [-0.2, 0) is 15.6 Å². The Morgan fingerprint density at radius 2 is 1.87 bits per heavy atom. The summed E-state index contributed by atoms with van der Waals surface area (Å²) in [5.41, 5.74) is 2.96. The van der Waals surface area contributed by atoms with E-state index in [1.165, 1.54) is 12.6 Å². The normalized spacial score (nSPS) is 11.6. The van der Waals surface area contributed by atoms with Gasteiger partial charge in [-0.05, 0) is 42.8 Å². The molecule has 7 nitrogen and oxygen atoms in total. The number of H-pyrrole nitrogens is 1. The van der Waals surface area contributed by atoms with Crippen LogP contribution >= 0.6 is 0 Å². The number of hydrogen-bond acceptors (Lipinski definition) is 6. The maximum absolute atomic E-state index is 14.7. The molecule has 9 heteroatoms. The van der Waals surface area contributed by atoms with Gasteiger partial charge in [0.1, 0.15) is 12.1 Å². The molecule has 0 saturated carbocycles. The number of ether oxygens (including phenoxy) is 1. The number of benzene rings is 2. The highest BCUT2D eigenvalue weighted by Gasteiger charge is 2.12. The van der Waals surface area contributed by atoms with Gasteiger partial charge in [0.25, 0.3) is 0 Å². The highest BCUT2D eigenvalue weighted by atomic mass is 32.2. The van der Waals surface area contributed by atoms with Crippen molar-refractivity contribution in [1.82, 2.24) is 15.0 Å². The Labute approximate surface area is 172 Å². The first kappa shape index (κ1) is 19.8. The zero-order valence-corrected chi connectivity index (χ0v) is 17.1. The molecule has 0 spiro atoms. The molecule has 0 bridgehead atoms. The van der Waals surface area contributed by atoms with Crippen molar-refractivity contribution in [3.63, 3.8) is 0 Å². The quantitative estimate of drug-likeness (QED) is 0.472. The van der Waals surface area contributed by atoms with E-state index in [0.29, 0.717) is 28.0 Å². The summed E-state index contributed by atoms with van der Waals surface area (Å²) >= 11 is 0. The Balaban J connectivity index is 1.51. The van der Waals surface area contributed by atoms with Crippen molar-refractivity contribution in [2.45, 2.75) is 12.7 Å². The molecule has 0 aliphatic carbocycles. The molecule has 0 amide bonds. The molecule has 4 rings (SSSR count). The lowest BCUT2D eigenvalue weighted by Gasteiger charge is -2.09. The van der Waals surface area contributed by atoms with E-state index in [9.17, 15) is 12.8 Å². The molecule has 0 saturated heterocycles. The number of hydrogen-bond donors (Lipinski definition) is 2. The van der Waals surface area contributed by atoms with Crippen molar-refractivity contribution in [2.75, 3.05) is 11.6 Å². The van der Waals surface area contributed by atoms with Crippen LogP contribution in [0.15, 0.2) is 54.9 Å². The lowest BCUT2D eigenvalue weighted by Crippen LogP contribution is -2.01. The zero-order chi connectivity index (χ0) is 21.3. The monoisotopic (exact) mass is 426 g/mol. The summed E-state index contributed by atoms with van der Waals surface area (Å²) in [6.45, 7) is 1.86. The third kappa shape index (κ3) is 4.57. The lowest BCUT2D eigenvalue weighted by atomic mass is 10.2. The van der Waals surface area contributed by atoms with Gasteiger partial charge in [0.05, 0.1) is 5.75 Å². The van der Waals surface area contributed by atoms with Crippen molar-refractivity contribution >= 4 is 32.2 Å². The SMILES string of the molecule is Cc1cc2c(F)c(Oc3cc(Nc4ccc(CS(C)(=O)=O)cc4)ncn3)ccc2[nH]1. The van der Waals surface area contributed by atoms with E-state index in [-0.39, 0.29) is 17.4 Å². The topological polar surface area (TPSA) is 97.0 Å². The van der Waals surface area contributed by atoms with Gasteiger partial charge in [-0.3, -0.25) is 0 Å². The van der Waals surface area contributed by atoms with Crippen LogP contribution in [-0.4, -0.2) is 29.6 Å². The molecule has 154 valence electrons. The van der Waals surface area contributed by atoms with Gasteiger partial charge in [-0.1, -0.05) is 12.1 Å². The molecule has 0 unspecified atom stereocenters. The molecule has 30 heavy (non-hydrogen) atoms. The van der Waals surface area contributed by atoms with Crippen LogP contribution in [0.1, 0.15) is 11.3 Å². The average Bonchev–Trinajstić information content (AvgIpc) is 3.06. The predicted molar refractivity (Wildman–Crippen MR) is 113 cm³/mol. The van der Waals surface area contributed by atoms with Gasteiger partial charge >= 0.3 is 0 Å². The predicted octanol–water partition coefficient (Wildman–Crippen LogP) is 4.49. The molecular weight excluding hydrogens is 407 g/mol. The molecule has 2 N–H and O–H groups in total. The van der Waals surface area contributed by atoms with E-state index in [0.717, 1.165) is 5.69 Å². The minimum absolute atomic E-state index is 0.0185. The van der Waals surface area contributed by atoms with E-state index in [4.69, 9.17) is 4.74 Å². The number of aryl methyl sites for hydroxylation is 1. The van der Waals surface area contributed by atoms with Crippen LogP contribution in [0.3, 0.4) is 0 Å². The summed E-state index contributed by atoms with van der Waals surface area (Å²) < 4.78 is 43.1. The summed E-state index contributed by atoms with van der Waals surface area (Å²) in [5, 5.41) is 3.54. The molecule has 0 radical (unpaired) electrons. The fraction of sp³-hybridized carbons (Fsp3) is 0.143. The van der Waals surface area contributed by atoms with Gasteiger partial charge in [-0.15, -0.1) is 0 Å². The second-order valence-corrected chi connectivity index (χ2v) is 9.17. The standard InChI is InChI=1S/C21H19FN4O3S/c1-13-9-16-17(25-13)7-8-18(21(16)22)29-20-10-19(23-12-24-20)26-15-5-3-14(4-6-15)11-30(2,27)28/h3-10,12,25H,11H2,1-2H3,(H,23,24,26). The number of halogens is 1. The Bertz CT molecular complexity index is 1320. The number of anilines is 2. The fourth-order valence-corrected chi connectivity index (χ4v) is 3.88. The summed E-state index contributed by atoms with van der Waals surface area (Å²) in [4.78, 5) is 11.3. The summed E-state index contributed by atoms with van der Waals surface area (Å²) in [7, 11) is -3.09. The summed E-state index contributed by atoms with van der Waals surface area (Å²) in [6.07, 6.45) is 2.51. The highest BCUT2D eigenvalue weighted by molar-refractivity contribution is 7.89. The molecule has 2 aromatic heterocycles. The Hall–Kier alpha value is -3.46. The van der Waals surface area contributed by atoms with Crippen LogP contribution < -0.4 is 10.1 Å². The third-order valence-corrected chi connectivity index (χ3v) is 5.21. The van der Waals surface area contributed by atoms with E-state index < -0.39 is 15.7 Å². The second kappa shape index (κ2) is 7.75. The van der Waals surface area contributed by atoms with Crippen LogP contribution in [0, 0.1) is 12.7 Å². The largest absolute Gasteiger partial charge is 0.436 e. The Kier molecular flexibility index (Phi) is 5.13. The number of aromatic nitrogens is 3. The zero-order valence-electron chi connectivity index (χ0n) is 16.3. The molecule has 0 atom stereocenters. The van der Waals surface area contributed by atoms with Crippen LogP contribution in [0.25, 0.3) is 10.9 Å². The lowest BCUT2D eigenvalue weighted by molar-refractivity contribution is 0.430. The molecule has 4 aromatic rings. The minimum Gasteiger partial charge on any atom is -0.436 e. The summed E-state index contributed by atoms with van der Waals surface area (Å²) in [6, 6.07) is 13.5. The average molecular weight is 426 g/mol. The Morgan fingerprint density at radius 1 is 1.10 bits per heavy atom. The van der Waals surface area contributed by atoms with E-state index in [1.54, 1.807) is 48.5 Å². The van der Waals surface area contributed by atoms with Crippen molar-refractivity contribution in [3.05, 3.63) is 71.9 Å². The summed E-state index contributed by atoms with van der Waals surface area (Å²) in [5.74, 6) is 0.222. The van der Waals surface area contributed by atoms with Gasteiger partial charge < -0.3 is 15.0 Å². The molecule has 0 aliphatic heterocycles. The van der Waals surface area contributed by atoms with Crippen molar-refractivity contribution < 1.29 is 17.5 Å². The van der Waals surface area contributed by atoms with E-state index in [2.05, 4.69) is 20.3 Å². The maximum Gasteiger partial charge on any atom is 0.224 e. The number of fused-ring (bicyclic) bond motifs is 1. The van der Waals surface area contributed by atoms with E-state index in [1.807, 2.05) is 6.92 Å². The smallest absolute Gasteiger partial charge is 0.224 e. The number of nitrogens with zero attached hydrogens (tertiary/aromatic N) is 2. The van der Waals surface area contributed by atoms with Crippen molar-refractivity contribution in [1.29, 1.82) is 0 Å². The first-order chi connectivity index (χ1) is 14.3. The fourth-order valence-electron chi connectivity index (χ4n) is 3.08. The second-order valence-electron chi connectivity index (χ2n) is 7.03. The maximum atomic E-state index is 14.7. The molecule has 2 aromatic carbocycles. The number of nitrogens with one attached hydrogen (secondary N) is 2. The number of sulfone groups is 1. The first-order valence-electron chi connectivity index (χ1n) is 9.08. The molecule has 0 aliphatic rings. The molecular formula is C21H19FN4O3S. The van der Waals surface area contributed by atoms with Gasteiger partial charge in [0.15, 0.2) is 21.4 Å². The van der Waals surface area contributed by atoms with E-state index >= 15 is 0 Å². The van der Waals surface area contributed by atoms with Gasteiger partial charge in [0, 0.05) is 34.6 Å². The van der Waals surface area contributed by atoms with Crippen molar-refractivity contribution in [3.8, 4) is 11.6 Å². The van der Waals surface area contributed by atoms with Gasteiger partial charge in [-0.25, -0.2) is 22.8 Å². The Morgan fingerprint density at radius 3 is 2.60 bits per heavy atom. The van der Waals surface area contributed by atoms with Gasteiger partial charge in [0.2, 0.25) is 5.88 Å². The molecule has 0 fully saturated rings. The van der Waals surface area contributed by atoms with Gasteiger partial charge in [-0.2, -0.15) is 0 Å². The third-order valence-electron chi connectivity index (χ3n) is 4.35. The van der Waals surface area contributed by atoms with Crippen LogP contribution in [0.4, 0.5) is 15.9 Å². The van der Waals surface area contributed by atoms with Crippen molar-refractivity contribution in [2.24, 2.45) is 0 Å². The van der Waals surface area contributed by atoms with Crippen LogP contribution in [0.5, 0.6) is 11.6 Å². The minimum atomic E-state index is -3.09.